The van der Waals surface area contributed by atoms with Crippen LogP contribution >= 0.6 is 0 Å². The Labute approximate surface area is 186 Å². The molecule has 1 aromatic heterocycles. The van der Waals surface area contributed by atoms with E-state index in [1.54, 1.807) is 23.2 Å². The summed E-state index contributed by atoms with van der Waals surface area (Å²) in [5, 5.41) is 11.8. The Bertz CT molecular complexity index is 1150. The highest BCUT2D eigenvalue weighted by Gasteiger charge is 2.26. The first-order valence-corrected chi connectivity index (χ1v) is 10.3. The van der Waals surface area contributed by atoms with Gasteiger partial charge < -0.3 is 15.0 Å². The Morgan fingerprint density at radius 1 is 1.06 bits per heavy atom. The molecule has 3 aromatic rings. The number of pyridine rings is 1. The monoisotopic (exact) mass is 426 g/mol. The van der Waals surface area contributed by atoms with E-state index < -0.39 is 0 Å². The molecule has 7 nitrogen and oxygen atoms in total. The normalized spacial score (nSPS) is 12.4. The van der Waals surface area contributed by atoms with Crippen molar-refractivity contribution in [2.45, 2.75) is 26.1 Å². The molecule has 0 fully saturated rings. The summed E-state index contributed by atoms with van der Waals surface area (Å²) in [6.45, 7) is 1.40. The molecule has 0 spiro atoms. The van der Waals surface area contributed by atoms with Crippen molar-refractivity contribution >= 4 is 12.0 Å². The number of aromatic nitrogens is 1. The molecule has 32 heavy (non-hydrogen) atoms. The molecule has 1 aliphatic rings. The van der Waals surface area contributed by atoms with E-state index in [1.807, 2.05) is 48.5 Å². The molecule has 4 rings (SSSR count). The summed E-state index contributed by atoms with van der Waals surface area (Å²) in [5.41, 5.74) is 4.54. The van der Waals surface area contributed by atoms with Gasteiger partial charge in [-0.25, -0.2) is 4.79 Å². The van der Waals surface area contributed by atoms with E-state index in [9.17, 15) is 9.59 Å². The number of benzene rings is 2. The van der Waals surface area contributed by atoms with Gasteiger partial charge in [0.2, 0.25) is 0 Å². The van der Waals surface area contributed by atoms with Crippen LogP contribution in [0, 0.1) is 11.3 Å². The number of nitrogens with one attached hydrogen (secondary N) is 1. The standard InChI is InChI=1S/C25H22N4O3/c26-14-18-6-8-19(9-7-18)15-28-24(30)23-22-11-13-29(16-21(22)10-12-27-23)25(31)32-17-20-4-2-1-3-5-20/h1-10,12H,11,13,15-17H2,(H,28,30). The SMILES string of the molecule is N#Cc1ccc(CNC(=O)c2nccc3c2CCN(C(=O)OCc2ccccc2)C3)cc1. The first kappa shape index (κ1) is 21.1. The largest absolute Gasteiger partial charge is 0.445 e. The van der Waals surface area contributed by atoms with Crippen molar-refractivity contribution in [1.82, 2.24) is 15.2 Å². The fourth-order valence-electron chi connectivity index (χ4n) is 3.62. The number of nitriles is 1. The Balaban J connectivity index is 1.37. The van der Waals surface area contributed by atoms with Crippen LogP contribution in [0.5, 0.6) is 0 Å². The Morgan fingerprint density at radius 3 is 2.59 bits per heavy atom. The lowest BCUT2D eigenvalue weighted by Gasteiger charge is -2.28. The van der Waals surface area contributed by atoms with E-state index in [0.29, 0.717) is 37.3 Å². The third-order valence-electron chi connectivity index (χ3n) is 5.36. The van der Waals surface area contributed by atoms with E-state index in [1.165, 1.54) is 0 Å². The highest BCUT2D eigenvalue weighted by atomic mass is 16.6. The van der Waals surface area contributed by atoms with Crippen LogP contribution in [-0.4, -0.2) is 28.4 Å². The molecule has 2 heterocycles. The van der Waals surface area contributed by atoms with E-state index in [0.717, 1.165) is 22.3 Å². The summed E-state index contributed by atoms with van der Waals surface area (Å²) >= 11 is 0. The minimum atomic E-state index is -0.372. The fourth-order valence-corrected chi connectivity index (χ4v) is 3.62. The lowest BCUT2D eigenvalue weighted by molar-refractivity contribution is 0.0912. The molecule has 1 N–H and O–H groups in total. The van der Waals surface area contributed by atoms with Crippen molar-refractivity contribution < 1.29 is 14.3 Å². The first-order valence-electron chi connectivity index (χ1n) is 10.3. The maximum absolute atomic E-state index is 12.8. The van der Waals surface area contributed by atoms with Crippen molar-refractivity contribution in [3.8, 4) is 6.07 Å². The summed E-state index contributed by atoms with van der Waals surface area (Å²) in [5.74, 6) is -0.258. The Hall–Kier alpha value is -4.18. The molecular formula is C25H22N4O3. The maximum Gasteiger partial charge on any atom is 0.410 e. The molecule has 0 radical (unpaired) electrons. The van der Waals surface area contributed by atoms with Crippen LogP contribution in [0.4, 0.5) is 4.79 Å². The average molecular weight is 426 g/mol. The second kappa shape index (κ2) is 9.75. The van der Waals surface area contributed by atoms with Gasteiger partial charge in [0.25, 0.3) is 5.91 Å². The van der Waals surface area contributed by atoms with Crippen molar-refractivity contribution in [2.24, 2.45) is 0 Å². The van der Waals surface area contributed by atoms with E-state index in [4.69, 9.17) is 10.00 Å². The molecule has 0 saturated heterocycles. The number of amides is 2. The van der Waals surface area contributed by atoms with Crippen molar-refractivity contribution in [3.63, 3.8) is 0 Å². The number of carbonyl (C=O) groups is 2. The van der Waals surface area contributed by atoms with Gasteiger partial charge in [0.1, 0.15) is 12.3 Å². The Morgan fingerprint density at radius 2 is 1.84 bits per heavy atom. The topological polar surface area (TPSA) is 95.3 Å². The summed E-state index contributed by atoms with van der Waals surface area (Å²) in [6.07, 6.45) is 1.75. The minimum absolute atomic E-state index is 0.225. The first-order chi connectivity index (χ1) is 15.6. The van der Waals surface area contributed by atoms with Crippen molar-refractivity contribution in [3.05, 3.63) is 100 Å². The molecule has 0 saturated carbocycles. The van der Waals surface area contributed by atoms with E-state index in [2.05, 4.69) is 16.4 Å². The second-order valence-corrected chi connectivity index (χ2v) is 7.50. The maximum atomic E-state index is 12.8. The van der Waals surface area contributed by atoms with Crippen LogP contribution in [0.3, 0.4) is 0 Å². The van der Waals surface area contributed by atoms with Crippen LogP contribution in [0.2, 0.25) is 0 Å². The fraction of sp³-hybridized carbons (Fsp3) is 0.200. The average Bonchev–Trinajstić information content (AvgIpc) is 2.86. The molecule has 7 heteroatoms. The lowest BCUT2D eigenvalue weighted by Crippen LogP contribution is -2.37. The number of hydrogen-bond acceptors (Lipinski definition) is 5. The molecule has 0 unspecified atom stereocenters. The number of rotatable bonds is 5. The lowest BCUT2D eigenvalue weighted by atomic mass is 9.98. The summed E-state index contributed by atoms with van der Waals surface area (Å²) in [6, 6.07) is 20.5. The molecule has 160 valence electrons. The van der Waals surface area contributed by atoms with Crippen LogP contribution in [0.15, 0.2) is 66.9 Å². The molecule has 0 bridgehead atoms. The molecule has 1 aliphatic heterocycles. The molecule has 0 atom stereocenters. The number of nitrogens with zero attached hydrogens (tertiary/aromatic N) is 3. The number of carbonyl (C=O) groups excluding carboxylic acids is 2. The van der Waals surface area contributed by atoms with E-state index in [-0.39, 0.29) is 18.6 Å². The number of ether oxygens (including phenoxy) is 1. The third-order valence-corrected chi connectivity index (χ3v) is 5.36. The van der Waals surface area contributed by atoms with Gasteiger partial charge in [0.15, 0.2) is 0 Å². The van der Waals surface area contributed by atoms with Gasteiger partial charge in [0.05, 0.1) is 11.6 Å². The zero-order chi connectivity index (χ0) is 22.3. The van der Waals surface area contributed by atoms with Crippen LogP contribution in [-0.2, 0) is 30.9 Å². The minimum Gasteiger partial charge on any atom is -0.445 e. The molecule has 2 amide bonds. The number of fused-ring (bicyclic) bond motifs is 1. The van der Waals surface area contributed by atoms with Crippen LogP contribution < -0.4 is 5.32 Å². The van der Waals surface area contributed by atoms with Gasteiger partial charge in [-0.3, -0.25) is 9.78 Å². The number of hydrogen-bond donors (Lipinski definition) is 1. The zero-order valence-corrected chi connectivity index (χ0v) is 17.5. The van der Waals surface area contributed by atoms with Crippen molar-refractivity contribution in [1.29, 1.82) is 5.26 Å². The van der Waals surface area contributed by atoms with Gasteiger partial charge in [-0.05, 0) is 46.9 Å². The van der Waals surface area contributed by atoms with Crippen LogP contribution in [0.1, 0.15) is 38.3 Å². The van der Waals surface area contributed by atoms with Gasteiger partial charge in [-0.1, -0.05) is 42.5 Å². The highest BCUT2D eigenvalue weighted by molar-refractivity contribution is 5.94. The zero-order valence-electron chi connectivity index (χ0n) is 17.5. The van der Waals surface area contributed by atoms with Gasteiger partial charge in [0, 0.05) is 25.8 Å². The smallest absolute Gasteiger partial charge is 0.410 e. The van der Waals surface area contributed by atoms with E-state index >= 15 is 0 Å². The second-order valence-electron chi connectivity index (χ2n) is 7.50. The summed E-state index contributed by atoms with van der Waals surface area (Å²) in [7, 11) is 0. The van der Waals surface area contributed by atoms with Crippen LogP contribution in [0.25, 0.3) is 0 Å². The highest BCUT2D eigenvalue weighted by Crippen LogP contribution is 2.22. The van der Waals surface area contributed by atoms with Gasteiger partial charge >= 0.3 is 6.09 Å². The van der Waals surface area contributed by atoms with Gasteiger partial charge in [-0.2, -0.15) is 5.26 Å². The summed E-state index contributed by atoms with van der Waals surface area (Å²) < 4.78 is 5.44. The molecule has 0 aliphatic carbocycles. The summed E-state index contributed by atoms with van der Waals surface area (Å²) in [4.78, 5) is 31.2. The molecule has 2 aromatic carbocycles. The Kier molecular flexibility index (Phi) is 6.42. The molecular weight excluding hydrogens is 404 g/mol. The predicted molar refractivity (Wildman–Crippen MR) is 117 cm³/mol. The van der Waals surface area contributed by atoms with Crippen molar-refractivity contribution in [2.75, 3.05) is 6.54 Å². The quantitative estimate of drug-likeness (QED) is 0.673. The third kappa shape index (κ3) is 4.93. The predicted octanol–water partition coefficient (Wildman–Crippen LogP) is 3.58. The van der Waals surface area contributed by atoms with Gasteiger partial charge in [-0.15, -0.1) is 0 Å².